The number of amides is 2. The van der Waals surface area contributed by atoms with Gasteiger partial charge in [0, 0.05) is 6.42 Å². The Balaban J connectivity index is 1.25. The number of carboxylic acid groups (broad SMARTS) is 1. The highest BCUT2D eigenvalue weighted by Crippen LogP contribution is 2.37. The highest BCUT2D eigenvalue weighted by atomic mass is 16.5. The minimum Gasteiger partial charge on any atom is -0.497 e. The lowest BCUT2D eigenvalue weighted by atomic mass is 9.77. The van der Waals surface area contributed by atoms with Crippen LogP contribution in [0, 0.1) is 0 Å². The molecular formula is C43H45N3O6. The quantitative estimate of drug-likeness (QED) is 0.0582. The average molecular weight is 700 g/mol. The Morgan fingerprint density at radius 3 is 1.69 bits per heavy atom. The fourth-order valence-electron chi connectivity index (χ4n) is 6.27. The van der Waals surface area contributed by atoms with Crippen LogP contribution >= 0.6 is 0 Å². The van der Waals surface area contributed by atoms with Gasteiger partial charge in [0.15, 0.2) is 0 Å². The zero-order chi connectivity index (χ0) is 36.6. The van der Waals surface area contributed by atoms with E-state index in [-0.39, 0.29) is 19.4 Å². The molecule has 0 aromatic heterocycles. The predicted octanol–water partition coefficient (Wildman–Crippen LogP) is 6.85. The van der Waals surface area contributed by atoms with Crippen LogP contribution in [-0.2, 0) is 32.9 Å². The van der Waals surface area contributed by atoms with Crippen LogP contribution in [0.3, 0.4) is 0 Å². The first-order valence-corrected chi connectivity index (χ1v) is 17.4. The minimum atomic E-state index is -1.15. The predicted molar refractivity (Wildman–Crippen MR) is 201 cm³/mol. The molecular weight excluding hydrogens is 654 g/mol. The molecule has 2 amide bonds. The summed E-state index contributed by atoms with van der Waals surface area (Å²) in [5.41, 5.74) is 4.06. The molecule has 2 unspecified atom stereocenters. The number of hydrogen-bond acceptors (Lipinski definition) is 6. The Morgan fingerprint density at radius 2 is 1.15 bits per heavy atom. The Labute approximate surface area is 305 Å². The van der Waals surface area contributed by atoms with Crippen molar-refractivity contribution in [1.82, 2.24) is 16.0 Å². The third kappa shape index (κ3) is 10.1. The third-order valence-corrected chi connectivity index (χ3v) is 8.96. The number of aliphatic carboxylic acids is 1. The second kappa shape index (κ2) is 18.9. The van der Waals surface area contributed by atoms with E-state index in [1.807, 2.05) is 109 Å². The van der Waals surface area contributed by atoms with Crippen LogP contribution in [-0.4, -0.2) is 48.8 Å². The summed E-state index contributed by atoms with van der Waals surface area (Å²) in [6.07, 6.45) is 0.744. The van der Waals surface area contributed by atoms with Crippen molar-refractivity contribution in [3.8, 4) is 5.75 Å². The molecule has 9 heteroatoms. The van der Waals surface area contributed by atoms with E-state index in [2.05, 4.69) is 52.3 Å². The van der Waals surface area contributed by atoms with E-state index in [0.717, 1.165) is 33.6 Å². The molecule has 2 atom stereocenters. The minimum absolute atomic E-state index is 0.0342. The van der Waals surface area contributed by atoms with Gasteiger partial charge in [-0.3, -0.25) is 10.1 Å². The van der Waals surface area contributed by atoms with E-state index in [9.17, 15) is 19.5 Å². The van der Waals surface area contributed by atoms with Gasteiger partial charge in [-0.05, 0) is 65.8 Å². The molecule has 52 heavy (non-hydrogen) atoms. The maximum Gasteiger partial charge on any atom is 0.408 e. The first-order valence-electron chi connectivity index (χ1n) is 17.4. The van der Waals surface area contributed by atoms with E-state index in [1.165, 1.54) is 0 Å². The molecule has 0 radical (unpaired) electrons. The normalized spacial score (nSPS) is 12.2. The molecule has 0 aliphatic carbocycles. The van der Waals surface area contributed by atoms with Gasteiger partial charge < -0.3 is 25.2 Å². The van der Waals surface area contributed by atoms with Gasteiger partial charge in [0.25, 0.3) is 0 Å². The number of carbonyl (C=O) groups is 3. The Hall–Kier alpha value is -5.93. The number of methoxy groups -OCH3 is 1. The van der Waals surface area contributed by atoms with Gasteiger partial charge in [-0.25, -0.2) is 9.59 Å². The topological polar surface area (TPSA) is 126 Å². The van der Waals surface area contributed by atoms with Crippen molar-refractivity contribution < 1.29 is 29.0 Å². The Morgan fingerprint density at radius 1 is 0.635 bits per heavy atom. The summed E-state index contributed by atoms with van der Waals surface area (Å²) in [4.78, 5) is 38.7. The summed E-state index contributed by atoms with van der Waals surface area (Å²) in [5, 5.41) is 19.2. The van der Waals surface area contributed by atoms with Crippen LogP contribution in [0.2, 0.25) is 0 Å². The molecule has 5 aromatic rings. The molecule has 0 spiro atoms. The van der Waals surface area contributed by atoms with Crippen LogP contribution in [0.5, 0.6) is 5.75 Å². The fraction of sp³-hybridized carbons (Fsp3) is 0.233. The number of unbranched alkanes of at least 4 members (excludes halogenated alkanes) is 1. The lowest BCUT2D eigenvalue weighted by Gasteiger charge is -2.37. The molecule has 268 valence electrons. The van der Waals surface area contributed by atoms with Gasteiger partial charge in [0.2, 0.25) is 5.91 Å². The van der Waals surface area contributed by atoms with Gasteiger partial charge in [0.05, 0.1) is 12.6 Å². The standard InChI is InChI=1S/C43H45N3O6/c1-51-37-27-25-36(26-28-37)43(34-20-10-4-11-21-34,35-22-12-5-13-23-35)44-29-15-14-24-38(41(48)49)45-40(47)39(30-32-16-6-2-7-17-32)46-42(50)52-31-33-18-8-3-9-19-33/h2-13,16-23,25-28,38-39,44H,14-15,24,29-31H2,1H3,(H,45,47)(H,46,50)(H,48,49). The summed E-state index contributed by atoms with van der Waals surface area (Å²) < 4.78 is 10.8. The number of benzene rings is 5. The van der Waals surface area contributed by atoms with Gasteiger partial charge >= 0.3 is 12.1 Å². The fourth-order valence-corrected chi connectivity index (χ4v) is 6.27. The lowest BCUT2D eigenvalue weighted by molar-refractivity contribution is -0.142. The van der Waals surface area contributed by atoms with E-state index >= 15 is 0 Å². The molecule has 0 bridgehead atoms. The molecule has 5 rings (SSSR count). The van der Waals surface area contributed by atoms with Crippen molar-refractivity contribution in [2.75, 3.05) is 13.7 Å². The molecule has 4 N–H and O–H groups in total. The summed E-state index contributed by atoms with van der Waals surface area (Å²) in [5.74, 6) is -0.990. The maximum atomic E-state index is 13.5. The van der Waals surface area contributed by atoms with Gasteiger partial charge in [0.1, 0.15) is 24.4 Å². The molecule has 0 saturated heterocycles. The Kier molecular flexibility index (Phi) is 13.6. The number of alkyl carbamates (subject to hydrolysis) is 1. The van der Waals surface area contributed by atoms with E-state index < -0.39 is 35.6 Å². The molecule has 0 aliphatic heterocycles. The third-order valence-electron chi connectivity index (χ3n) is 8.96. The zero-order valence-electron chi connectivity index (χ0n) is 29.2. The molecule has 9 nitrogen and oxygen atoms in total. The first-order chi connectivity index (χ1) is 25.4. The molecule has 0 fully saturated rings. The summed E-state index contributed by atoms with van der Waals surface area (Å²) in [7, 11) is 1.64. The average Bonchev–Trinajstić information content (AvgIpc) is 3.19. The molecule has 0 aliphatic rings. The zero-order valence-corrected chi connectivity index (χ0v) is 29.2. The SMILES string of the molecule is COc1ccc(C(NCCCCC(NC(=O)C(Cc2ccccc2)NC(=O)OCc2ccccc2)C(=O)O)(c2ccccc2)c2ccccc2)cc1. The van der Waals surface area contributed by atoms with Crippen molar-refractivity contribution >= 4 is 18.0 Å². The first kappa shape index (κ1) is 37.3. The maximum absolute atomic E-state index is 13.5. The van der Waals surface area contributed by atoms with Crippen LogP contribution in [0.15, 0.2) is 146 Å². The van der Waals surface area contributed by atoms with Gasteiger partial charge in [-0.1, -0.05) is 133 Å². The van der Waals surface area contributed by atoms with E-state index in [4.69, 9.17) is 9.47 Å². The monoisotopic (exact) mass is 699 g/mol. The van der Waals surface area contributed by atoms with Crippen molar-refractivity contribution in [1.29, 1.82) is 0 Å². The molecule has 5 aromatic carbocycles. The van der Waals surface area contributed by atoms with E-state index in [0.29, 0.717) is 19.4 Å². The van der Waals surface area contributed by atoms with Gasteiger partial charge in [-0.2, -0.15) is 0 Å². The van der Waals surface area contributed by atoms with Gasteiger partial charge in [-0.15, -0.1) is 0 Å². The van der Waals surface area contributed by atoms with Crippen LogP contribution in [0.4, 0.5) is 4.79 Å². The number of nitrogens with one attached hydrogen (secondary N) is 3. The lowest BCUT2D eigenvalue weighted by Crippen LogP contribution is -2.52. The number of hydrogen-bond donors (Lipinski definition) is 4. The number of carbonyl (C=O) groups excluding carboxylic acids is 2. The van der Waals surface area contributed by atoms with Crippen molar-refractivity contribution in [3.63, 3.8) is 0 Å². The second-order valence-electron chi connectivity index (χ2n) is 12.5. The van der Waals surface area contributed by atoms with Crippen LogP contribution in [0.25, 0.3) is 0 Å². The summed E-state index contributed by atoms with van der Waals surface area (Å²) in [6, 6.07) is 44.6. The smallest absolute Gasteiger partial charge is 0.408 e. The number of carboxylic acids is 1. The van der Waals surface area contributed by atoms with Crippen molar-refractivity contribution in [2.24, 2.45) is 0 Å². The van der Waals surface area contributed by atoms with E-state index in [1.54, 1.807) is 7.11 Å². The summed E-state index contributed by atoms with van der Waals surface area (Å²) >= 11 is 0. The highest BCUT2D eigenvalue weighted by Gasteiger charge is 2.36. The molecule has 0 saturated carbocycles. The van der Waals surface area contributed by atoms with Crippen molar-refractivity contribution in [3.05, 3.63) is 173 Å². The number of ether oxygens (including phenoxy) is 2. The largest absolute Gasteiger partial charge is 0.497 e. The Bertz CT molecular complexity index is 1800. The summed E-state index contributed by atoms with van der Waals surface area (Å²) in [6.45, 7) is 0.591. The highest BCUT2D eigenvalue weighted by molar-refractivity contribution is 5.89. The second-order valence-corrected chi connectivity index (χ2v) is 12.5. The van der Waals surface area contributed by atoms with Crippen LogP contribution < -0.4 is 20.7 Å². The molecule has 0 heterocycles. The number of rotatable bonds is 18. The van der Waals surface area contributed by atoms with Crippen molar-refractivity contribution in [2.45, 2.75) is 49.9 Å². The van der Waals surface area contributed by atoms with Crippen LogP contribution in [0.1, 0.15) is 47.1 Å².